The molecule has 0 amide bonds. The number of aryl methyl sites for hydroxylation is 10. The predicted molar refractivity (Wildman–Crippen MR) is 351 cm³/mol. The van der Waals surface area contributed by atoms with Crippen LogP contribution in [-0.4, -0.2) is 69.0 Å². The molecule has 0 radical (unpaired) electrons. The molecule has 460 valence electrons. The van der Waals surface area contributed by atoms with Crippen molar-refractivity contribution in [2.75, 3.05) is 0 Å². The van der Waals surface area contributed by atoms with E-state index in [1.165, 1.54) is 50.6 Å². The molecule has 0 bridgehead atoms. The number of hydrogen-bond acceptors (Lipinski definition) is 16. The molecule has 80 heavy (non-hydrogen) atoms. The van der Waals surface area contributed by atoms with Gasteiger partial charge in [0.15, 0.2) is 0 Å². The molecule has 0 aliphatic heterocycles. The highest BCUT2D eigenvalue weighted by Gasteiger charge is 1.81. The van der Waals surface area contributed by atoms with Crippen LogP contribution < -0.4 is 0 Å². The largest absolute Gasteiger partial charge is 0.365 e. The van der Waals surface area contributed by atoms with E-state index >= 15 is 0 Å². The van der Waals surface area contributed by atoms with Crippen molar-refractivity contribution >= 4 is 34.6 Å². The quantitative estimate of drug-likeness (QED) is 0.129. The van der Waals surface area contributed by atoms with Gasteiger partial charge in [0, 0.05) is 95.1 Å². The zero-order valence-electron chi connectivity index (χ0n) is 55.5. The fourth-order valence-corrected chi connectivity index (χ4v) is 4.40. The first-order chi connectivity index (χ1) is 38.9. The first kappa shape index (κ1) is 95.7. The third-order valence-corrected chi connectivity index (χ3v) is 7.94. The number of aromatic nitrogens is 14. The highest BCUT2D eigenvalue weighted by molar-refractivity contribution is 7.05. The zero-order valence-corrected chi connectivity index (χ0v) is 57.9. The van der Waals surface area contributed by atoms with Gasteiger partial charge < -0.3 is 13.6 Å². The average Bonchev–Trinajstić information content (AvgIpc) is 4.32. The third kappa shape index (κ3) is 88.0. The molecule has 3 N–H and O–H groups in total. The number of nitrogens with one attached hydrogen (secondary N) is 3. The van der Waals surface area contributed by atoms with Gasteiger partial charge in [-0.1, -0.05) is 154 Å². The molecule has 10 rings (SSSR count). The number of hydrogen-bond donors (Lipinski definition) is 3. The van der Waals surface area contributed by atoms with Crippen molar-refractivity contribution in [3.8, 4) is 0 Å². The zero-order chi connectivity index (χ0) is 64.1. The second-order valence-corrected chi connectivity index (χ2v) is 14.2. The summed E-state index contributed by atoms with van der Waals surface area (Å²) in [4.78, 5) is 1.27. The van der Waals surface area contributed by atoms with Gasteiger partial charge in [-0.2, -0.15) is 24.8 Å². The van der Waals surface area contributed by atoms with Crippen molar-refractivity contribution in [2.24, 2.45) is 7.05 Å². The minimum atomic E-state index is 0.856. The lowest BCUT2D eigenvalue weighted by atomic mass is 10.4. The Kier molecular flexibility index (Phi) is 110. The first-order valence-corrected chi connectivity index (χ1v) is 30.4. The van der Waals surface area contributed by atoms with Gasteiger partial charge in [-0.3, -0.25) is 20.0 Å². The van der Waals surface area contributed by atoms with Crippen LogP contribution in [0.1, 0.15) is 189 Å². The smallest absolute Gasteiger partial charge is 0.133 e. The average molecular weight is 1180 g/mol. The summed E-state index contributed by atoms with van der Waals surface area (Å²) in [5.41, 5.74) is 7.74. The van der Waals surface area contributed by atoms with E-state index in [0.29, 0.717) is 0 Å². The van der Waals surface area contributed by atoms with Crippen LogP contribution in [0.3, 0.4) is 0 Å². The lowest BCUT2D eigenvalue weighted by Gasteiger charge is -1.77. The van der Waals surface area contributed by atoms with Crippen LogP contribution in [0.25, 0.3) is 0 Å². The number of H-pyrrole nitrogens is 3. The number of nitrogens with zero attached hydrogens (tertiary/aromatic N) is 11. The van der Waals surface area contributed by atoms with Crippen LogP contribution in [0, 0.1) is 62.3 Å². The Morgan fingerprint density at radius 2 is 1.05 bits per heavy atom. The molecule has 0 fully saturated rings. The molecule has 0 spiro atoms. The van der Waals surface area contributed by atoms with Gasteiger partial charge in [0.2, 0.25) is 0 Å². The van der Waals surface area contributed by atoms with Crippen molar-refractivity contribution in [3.05, 3.63) is 178 Å². The molecular formula is C60H114N14O3S3. The lowest BCUT2D eigenvalue weighted by molar-refractivity contribution is 0.397. The molecule has 0 unspecified atom stereocenters. The monoisotopic (exact) mass is 1170 g/mol. The molecule has 0 aromatic carbocycles. The highest BCUT2D eigenvalue weighted by atomic mass is 32.1. The molecule has 10 aromatic heterocycles. The minimum absolute atomic E-state index is 0.856. The summed E-state index contributed by atoms with van der Waals surface area (Å²) in [6.45, 7) is 57.6. The van der Waals surface area contributed by atoms with Crippen LogP contribution in [0.5, 0.6) is 0 Å². The Bertz CT molecular complexity index is 1660. The number of aromatic amines is 3. The molecule has 17 nitrogen and oxygen atoms in total. The molecule has 0 saturated carbocycles. The fraction of sp³-hybridized carbons (Fsp3) is 0.500. The van der Waals surface area contributed by atoms with Crippen molar-refractivity contribution in [1.82, 2.24) is 69.0 Å². The molecule has 0 saturated heterocycles. The predicted octanol–water partition coefficient (Wildman–Crippen LogP) is 20.1. The van der Waals surface area contributed by atoms with Crippen LogP contribution in [0.15, 0.2) is 141 Å². The van der Waals surface area contributed by atoms with Crippen LogP contribution in [-0.2, 0) is 7.05 Å². The van der Waals surface area contributed by atoms with E-state index in [4.69, 9.17) is 0 Å². The summed E-state index contributed by atoms with van der Waals surface area (Å²) >= 11 is 4.51. The summed E-state index contributed by atoms with van der Waals surface area (Å²) in [5, 5.41) is 37.5. The standard InChI is InChI=1S/4C4H6N2.3C4H5NO.3C4H5NS.10C2H6/c1-4-2-5-6-3-4;1-6-4-2-3-5-6;2*1-4-2-3-5-6-4;1-4-2-5-6-3-4;1-4-2-3-6-5-4;1-4-2-3-5-6-4;1-4-2-5-6-3-4;1-4-2-3-6-5-4;1-4-2-3-5-6-4;10*1-2/h2-3H,1H3,(H,5,6);2-4H,1H3;2*2-3H,1H3,(H,5,6);6*2-3H,1H3;10*1-2H3. The molecule has 10 aromatic rings. The van der Waals surface area contributed by atoms with Gasteiger partial charge in [0.1, 0.15) is 18.3 Å². The van der Waals surface area contributed by atoms with Gasteiger partial charge >= 0.3 is 0 Å². The van der Waals surface area contributed by atoms with Crippen molar-refractivity contribution in [3.63, 3.8) is 0 Å². The second kappa shape index (κ2) is 91.8. The van der Waals surface area contributed by atoms with E-state index < -0.39 is 0 Å². The lowest BCUT2D eigenvalue weighted by Crippen LogP contribution is -1.83. The van der Waals surface area contributed by atoms with Crippen molar-refractivity contribution in [1.29, 1.82) is 0 Å². The Balaban J connectivity index is -0.0000000822. The summed E-state index contributed by atoms with van der Waals surface area (Å²) in [5.74, 6) is 0.856. The Morgan fingerprint density at radius 3 is 1.16 bits per heavy atom. The summed E-state index contributed by atoms with van der Waals surface area (Å²) in [6.07, 6.45) is 20.8. The van der Waals surface area contributed by atoms with E-state index in [2.05, 4.69) is 77.9 Å². The Labute approximate surface area is 500 Å². The van der Waals surface area contributed by atoms with Gasteiger partial charge in [0.25, 0.3) is 0 Å². The Morgan fingerprint density at radius 1 is 0.487 bits per heavy atom. The SMILES string of the molecule is CC.CC.CC.CC.CC.CC.CC.CC.CC.CC.Cc1ccn[nH]1.Cc1ccn[nH]1.Cc1ccno1.Cc1ccns1.Cc1ccon1.Cc1ccsn1.Cc1cn[nH]c1.Cc1cnoc1.Cc1cnsc1.Cn1cccn1. The number of rotatable bonds is 0. The van der Waals surface area contributed by atoms with E-state index in [0.717, 1.165) is 34.1 Å². The van der Waals surface area contributed by atoms with Crippen LogP contribution in [0.2, 0.25) is 0 Å². The maximum atomic E-state index is 4.58. The van der Waals surface area contributed by atoms with E-state index in [1.54, 1.807) is 72.7 Å². The highest BCUT2D eigenvalue weighted by Crippen LogP contribution is 1.99. The van der Waals surface area contributed by atoms with Crippen molar-refractivity contribution in [2.45, 2.75) is 201 Å². The molecule has 0 aliphatic rings. The molecule has 0 atom stereocenters. The maximum absolute atomic E-state index is 4.58. The second-order valence-electron chi connectivity index (χ2n) is 11.9. The molecule has 10 heterocycles. The van der Waals surface area contributed by atoms with Gasteiger partial charge in [-0.25, -0.2) is 8.75 Å². The first-order valence-electron chi connectivity index (χ1n) is 28.0. The third-order valence-electron chi connectivity index (χ3n) is 5.93. The van der Waals surface area contributed by atoms with E-state index in [-0.39, 0.29) is 0 Å². The summed E-state index contributed by atoms with van der Waals surface area (Å²) in [7, 11) is 1.89. The van der Waals surface area contributed by atoms with Gasteiger partial charge in [-0.05, 0) is 138 Å². The van der Waals surface area contributed by atoms with Gasteiger partial charge in [-0.15, -0.1) is 0 Å². The maximum Gasteiger partial charge on any atom is 0.133 e. The summed E-state index contributed by atoms with van der Waals surface area (Å²) < 4.78 is 26.9. The molecular weight excluding hydrogens is 1060 g/mol. The van der Waals surface area contributed by atoms with E-state index in [9.17, 15) is 0 Å². The summed E-state index contributed by atoms with van der Waals surface area (Å²) in [6, 6.07) is 13.3. The van der Waals surface area contributed by atoms with E-state index in [1.807, 2.05) is 268 Å². The van der Waals surface area contributed by atoms with Crippen molar-refractivity contribution < 1.29 is 13.6 Å². The van der Waals surface area contributed by atoms with Crippen LogP contribution >= 0.6 is 34.6 Å². The van der Waals surface area contributed by atoms with Gasteiger partial charge in [0.05, 0.1) is 30.0 Å². The molecule has 20 heteroatoms. The fourth-order valence-electron chi connectivity index (χ4n) is 2.93. The molecule has 0 aliphatic carbocycles. The van der Waals surface area contributed by atoms with Crippen LogP contribution in [0.4, 0.5) is 0 Å². The topological polar surface area (TPSA) is 221 Å². The minimum Gasteiger partial charge on any atom is -0.365 e. The Hall–Kier alpha value is -6.64. The normalized spacial score (nSPS) is 7.38.